The van der Waals surface area contributed by atoms with Crippen LogP contribution in [0.3, 0.4) is 0 Å². The minimum atomic E-state index is -0.778. The summed E-state index contributed by atoms with van der Waals surface area (Å²) >= 11 is 0. The molecule has 0 heterocycles. The highest BCUT2D eigenvalue weighted by Gasteiger charge is 2.08. The van der Waals surface area contributed by atoms with Crippen molar-refractivity contribution < 1.29 is 4.79 Å². The van der Waals surface area contributed by atoms with Gasteiger partial charge in [0, 0.05) is 10.9 Å². The maximum Gasteiger partial charge on any atom is 0.317 e. The Morgan fingerprint density at radius 2 is 2.17 bits per heavy atom. The van der Waals surface area contributed by atoms with Gasteiger partial charge < -0.3 is 5.73 Å². The summed E-state index contributed by atoms with van der Waals surface area (Å²) in [6.07, 6.45) is 0. The van der Waals surface area contributed by atoms with E-state index < -0.39 is 5.91 Å². The Morgan fingerprint density at radius 3 is 2.75 bits per heavy atom. The monoisotopic (exact) mass is 164 g/mol. The number of benzene rings is 1. The van der Waals surface area contributed by atoms with E-state index in [0.29, 0.717) is 11.3 Å². The second-order valence-electron chi connectivity index (χ2n) is 2.47. The van der Waals surface area contributed by atoms with Gasteiger partial charge in [0.15, 0.2) is 0 Å². The molecule has 62 valence electrons. The molecule has 0 unspecified atom stereocenters. The third-order valence-electron chi connectivity index (χ3n) is 1.57. The Balaban J connectivity index is 3.22. The third-order valence-corrected chi connectivity index (χ3v) is 1.57. The molecule has 0 aliphatic carbocycles. The first-order valence-corrected chi connectivity index (χ1v) is 3.39. The largest absolute Gasteiger partial charge is 0.399 e. The van der Waals surface area contributed by atoms with Crippen molar-refractivity contribution in [2.24, 2.45) is 5.18 Å². The first-order valence-electron chi connectivity index (χ1n) is 3.39. The zero-order valence-corrected chi connectivity index (χ0v) is 6.57. The molecule has 0 fully saturated rings. The van der Waals surface area contributed by atoms with E-state index in [0.717, 1.165) is 0 Å². The Bertz CT molecular complexity index is 334. The first kappa shape index (κ1) is 8.39. The van der Waals surface area contributed by atoms with E-state index in [1.807, 2.05) is 0 Å². The fraction of sp³-hybridized carbons (Fsp3) is 0.125. The van der Waals surface area contributed by atoms with E-state index in [9.17, 15) is 9.70 Å². The highest BCUT2D eigenvalue weighted by Crippen LogP contribution is 2.13. The summed E-state index contributed by atoms with van der Waals surface area (Å²) in [6.45, 7) is 1.72. The van der Waals surface area contributed by atoms with E-state index in [2.05, 4.69) is 5.18 Å². The van der Waals surface area contributed by atoms with Gasteiger partial charge in [-0.1, -0.05) is 6.07 Å². The second kappa shape index (κ2) is 3.13. The predicted molar refractivity (Wildman–Crippen MR) is 45.7 cm³/mol. The maximum absolute atomic E-state index is 10.9. The van der Waals surface area contributed by atoms with Crippen LogP contribution in [0.15, 0.2) is 23.4 Å². The number of anilines is 1. The summed E-state index contributed by atoms with van der Waals surface area (Å²) < 4.78 is 0. The molecule has 1 aromatic rings. The van der Waals surface area contributed by atoms with Crippen molar-refractivity contribution in [2.75, 3.05) is 5.73 Å². The molecule has 12 heavy (non-hydrogen) atoms. The fourth-order valence-electron chi connectivity index (χ4n) is 0.919. The molecule has 4 nitrogen and oxygen atoms in total. The molecule has 0 aliphatic heterocycles. The average Bonchev–Trinajstić information content (AvgIpc) is 2.08. The number of nitrogens with two attached hydrogens (primary N) is 1. The lowest BCUT2D eigenvalue weighted by atomic mass is 10.1. The third kappa shape index (κ3) is 1.47. The Labute approximate surface area is 69.4 Å². The molecule has 0 bridgehead atoms. The molecule has 0 radical (unpaired) electrons. The molecule has 0 saturated heterocycles. The number of carbonyl (C=O) groups is 1. The van der Waals surface area contributed by atoms with Gasteiger partial charge in [-0.25, -0.2) is 0 Å². The summed E-state index contributed by atoms with van der Waals surface area (Å²) in [5.41, 5.74) is 6.85. The van der Waals surface area contributed by atoms with Crippen molar-refractivity contribution in [3.05, 3.63) is 34.2 Å². The van der Waals surface area contributed by atoms with Gasteiger partial charge in [-0.2, -0.15) is 0 Å². The minimum Gasteiger partial charge on any atom is -0.399 e. The lowest BCUT2D eigenvalue weighted by Crippen LogP contribution is -1.98. The zero-order valence-electron chi connectivity index (χ0n) is 6.57. The molecule has 0 saturated carbocycles. The van der Waals surface area contributed by atoms with Crippen molar-refractivity contribution in [1.29, 1.82) is 0 Å². The minimum absolute atomic E-state index is 0.269. The number of nitrogens with zero attached hydrogens (tertiary/aromatic N) is 1. The van der Waals surface area contributed by atoms with Crippen LogP contribution in [0, 0.1) is 11.8 Å². The summed E-state index contributed by atoms with van der Waals surface area (Å²) in [6, 6.07) is 4.78. The molecule has 0 spiro atoms. The van der Waals surface area contributed by atoms with Crippen molar-refractivity contribution in [2.45, 2.75) is 6.92 Å². The highest BCUT2D eigenvalue weighted by molar-refractivity contribution is 5.96. The average molecular weight is 164 g/mol. The van der Waals surface area contributed by atoms with Gasteiger partial charge >= 0.3 is 5.91 Å². The molecule has 0 aromatic heterocycles. The van der Waals surface area contributed by atoms with Gasteiger partial charge in [-0.15, -0.1) is 4.91 Å². The lowest BCUT2D eigenvalue weighted by molar-refractivity contribution is 0.100. The van der Waals surface area contributed by atoms with Crippen molar-refractivity contribution >= 4 is 11.6 Å². The number of amides is 1. The molecule has 2 N–H and O–H groups in total. The van der Waals surface area contributed by atoms with Crippen LogP contribution >= 0.6 is 0 Å². The van der Waals surface area contributed by atoms with Crippen molar-refractivity contribution in [3.63, 3.8) is 0 Å². The first-order chi connectivity index (χ1) is 5.65. The van der Waals surface area contributed by atoms with Gasteiger partial charge in [0.05, 0.1) is 5.56 Å². The molecular weight excluding hydrogens is 156 g/mol. The zero-order chi connectivity index (χ0) is 9.14. The van der Waals surface area contributed by atoms with Gasteiger partial charge in [0.25, 0.3) is 0 Å². The number of rotatable bonds is 1. The van der Waals surface area contributed by atoms with Gasteiger partial charge in [0.1, 0.15) is 0 Å². The summed E-state index contributed by atoms with van der Waals surface area (Å²) in [5, 5.41) is 2.32. The Morgan fingerprint density at radius 1 is 1.50 bits per heavy atom. The van der Waals surface area contributed by atoms with Crippen LogP contribution in [-0.4, -0.2) is 5.91 Å². The van der Waals surface area contributed by atoms with Crippen molar-refractivity contribution in [1.82, 2.24) is 0 Å². The number of aryl methyl sites for hydroxylation is 1. The number of hydrogen-bond donors (Lipinski definition) is 1. The normalized spacial score (nSPS) is 9.42. The molecule has 0 atom stereocenters. The quantitative estimate of drug-likeness (QED) is 0.504. The lowest BCUT2D eigenvalue weighted by Gasteiger charge is -1.99. The fourth-order valence-corrected chi connectivity index (χ4v) is 0.919. The van der Waals surface area contributed by atoms with Gasteiger partial charge in [-0.05, 0) is 24.6 Å². The summed E-state index contributed by atoms with van der Waals surface area (Å²) in [7, 11) is 0. The number of nitroso groups, excluding NO2 is 1. The van der Waals surface area contributed by atoms with Crippen LogP contribution in [0.5, 0.6) is 0 Å². The summed E-state index contributed by atoms with van der Waals surface area (Å²) in [4.78, 5) is 20.8. The number of hydrogen-bond acceptors (Lipinski definition) is 3. The van der Waals surface area contributed by atoms with Crippen LogP contribution in [0.4, 0.5) is 5.69 Å². The molecule has 1 rings (SSSR count). The van der Waals surface area contributed by atoms with Crippen LogP contribution in [0.25, 0.3) is 0 Å². The number of nitrogen functional groups attached to an aromatic ring is 1. The van der Waals surface area contributed by atoms with Gasteiger partial charge in [0.2, 0.25) is 0 Å². The highest BCUT2D eigenvalue weighted by atomic mass is 16.3. The smallest absolute Gasteiger partial charge is 0.317 e. The molecule has 4 heteroatoms. The van der Waals surface area contributed by atoms with Crippen molar-refractivity contribution in [3.8, 4) is 0 Å². The van der Waals surface area contributed by atoms with E-state index in [4.69, 9.17) is 5.73 Å². The van der Waals surface area contributed by atoms with E-state index >= 15 is 0 Å². The van der Waals surface area contributed by atoms with Crippen LogP contribution in [0.2, 0.25) is 0 Å². The van der Waals surface area contributed by atoms with E-state index in [1.54, 1.807) is 19.1 Å². The second-order valence-corrected chi connectivity index (χ2v) is 2.47. The number of carbonyl (C=O) groups excluding carboxylic acids is 1. The van der Waals surface area contributed by atoms with E-state index in [1.165, 1.54) is 6.07 Å². The van der Waals surface area contributed by atoms with E-state index in [-0.39, 0.29) is 5.56 Å². The van der Waals surface area contributed by atoms with Crippen LogP contribution in [-0.2, 0) is 0 Å². The molecule has 1 aromatic carbocycles. The van der Waals surface area contributed by atoms with Crippen LogP contribution < -0.4 is 5.73 Å². The maximum atomic E-state index is 10.9. The Hall–Kier alpha value is -1.71. The van der Waals surface area contributed by atoms with Crippen LogP contribution in [0.1, 0.15) is 15.9 Å². The molecular formula is C8H8N2O2. The topological polar surface area (TPSA) is 72.5 Å². The Kier molecular flexibility index (Phi) is 2.19. The SMILES string of the molecule is Cc1ccc(N)cc1C(=O)N=O. The molecule has 1 amide bonds. The van der Waals surface area contributed by atoms with Gasteiger partial charge in [-0.3, -0.25) is 4.79 Å². The molecule has 0 aliphatic rings. The predicted octanol–water partition coefficient (Wildman–Crippen LogP) is 1.48. The summed E-state index contributed by atoms with van der Waals surface area (Å²) in [5.74, 6) is -0.778. The standard InChI is InChI=1S/C8H8N2O2/c1-5-2-3-6(9)4-7(5)8(11)10-12/h2-4H,9H2,1H3.